The zero-order valence-corrected chi connectivity index (χ0v) is 18.7. The first-order valence-electron chi connectivity index (χ1n) is 10.3. The van der Waals surface area contributed by atoms with Gasteiger partial charge in [-0.1, -0.05) is 58.0 Å². The Bertz CT molecular complexity index is 981. The van der Waals surface area contributed by atoms with Crippen LogP contribution in [0, 0.1) is 0 Å². The maximum atomic E-state index is 12.5. The Balaban J connectivity index is 1.55. The van der Waals surface area contributed by atoms with Gasteiger partial charge in [-0.3, -0.25) is 9.59 Å². The van der Waals surface area contributed by atoms with Gasteiger partial charge >= 0.3 is 5.97 Å². The van der Waals surface area contributed by atoms with Crippen LogP contribution in [0.3, 0.4) is 0 Å². The van der Waals surface area contributed by atoms with Gasteiger partial charge in [0.05, 0.1) is 21.6 Å². The molecule has 1 heterocycles. The number of fused-ring (bicyclic) bond motifs is 1. The molecule has 6 heteroatoms. The number of ether oxygens (including phenoxy) is 1. The van der Waals surface area contributed by atoms with Gasteiger partial charge in [-0.25, -0.2) is 4.98 Å². The maximum Gasteiger partial charge on any atom is 0.306 e. The standard InChI is InChI=1S/C24H28N2O3S/c1-15(2)17-8-7-9-18(16(3)4)24(17)26-21(27)14-29-23(28)13-12-22-25-19-10-5-6-11-20(19)30-22/h5-11,15-16H,12-14H2,1-4H3,(H,26,27). The van der Waals surface area contributed by atoms with E-state index in [0.29, 0.717) is 6.42 Å². The highest BCUT2D eigenvalue weighted by Crippen LogP contribution is 2.32. The van der Waals surface area contributed by atoms with E-state index < -0.39 is 5.97 Å². The Morgan fingerprint density at radius 2 is 1.67 bits per heavy atom. The van der Waals surface area contributed by atoms with E-state index in [4.69, 9.17) is 4.74 Å². The number of thiazole rings is 1. The van der Waals surface area contributed by atoms with Gasteiger partial charge in [0.2, 0.25) is 0 Å². The summed E-state index contributed by atoms with van der Waals surface area (Å²) < 4.78 is 6.30. The largest absolute Gasteiger partial charge is 0.456 e. The van der Waals surface area contributed by atoms with E-state index in [2.05, 4.69) is 38.0 Å². The molecule has 0 radical (unpaired) electrons. The molecule has 1 amide bonds. The van der Waals surface area contributed by atoms with Crippen molar-refractivity contribution in [1.82, 2.24) is 4.98 Å². The highest BCUT2D eigenvalue weighted by atomic mass is 32.1. The molecule has 0 saturated heterocycles. The number of hydrogen-bond donors (Lipinski definition) is 1. The summed E-state index contributed by atoms with van der Waals surface area (Å²) in [7, 11) is 0. The number of amides is 1. The topological polar surface area (TPSA) is 68.3 Å². The Morgan fingerprint density at radius 1 is 1.00 bits per heavy atom. The number of esters is 1. The number of nitrogens with zero attached hydrogens (tertiary/aromatic N) is 1. The number of hydrogen-bond acceptors (Lipinski definition) is 5. The molecule has 0 saturated carbocycles. The van der Waals surface area contributed by atoms with Crippen LogP contribution >= 0.6 is 11.3 Å². The van der Waals surface area contributed by atoms with Gasteiger partial charge in [-0.15, -0.1) is 11.3 Å². The minimum absolute atomic E-state index is 0.201. The number of para-hydroxylation sites is 2. The number of aromatic nitrogens is 1. The van der Waals surface area contributed by atoms with Gasteiger partial charge in [0.15, 0.2) is 6.61 Å². The van der Waals surface area contributed by atoms with Crippen LogP contribution in [0.25, 0.3) is 10.2 Å². The first-order chi connectivity index (χ1) is 14.3. The summed E-state index contributed by atoms with van der Waals surface area (Å²) in [5, 5.41) is 3.86. The molecule has 0 spiro atoms. The second kappa shape index (κ2) is 9.85. The zero-order chi connectivity index (χ0) is 21.7. The number of anilines is 1. The molecule has 0 aliphatic carbocycles. The van der Waals surface area contributed by atoms with Gasteiger partial charge < -0.3 is 10.1 Å². The molecule has 0 aliphatic rings. The number of benzene rings is 2. The summed E-state index contributed by atoms with van der Waals surface area (Å²) in [6, 6.07) is 14.0. The lowest BCUT2D eigenvalue weighted by Gasteiger charge is -2.20. The summed E-state index contributed by atoms with van der Waals surface area (Å²) in [6.45, 7) is 8.09. The molecular weight excluding hydrogens is 396 g/mol. The van der Waals surface area contributed by atoms with Crippen LogP contribution in [-0.2, 0) is 20.7 Å². The molecule has 3 rings (SSSR count). The smallest absolute Gasteiger partial charge is 0.306 e. The van der Waals surface area contributed by atoms with Crippen molar-refractivity contribution in [1.29, 1.82) is 0 Å². The molecule has 0 bridgehead atoms. The fourth-order valence-corrected chi connectivity index (χ4v) is 4.29. The molecule has 3 aromatic rings. The second-order valence-corrected chi connectivity index (χ2v) is 9.02. The van der Waals surface area contributed by atoms with Crippen molar-refractivity contribution >= 4 is 39.1 Å². The van der Waals surface area contributed by atoms with Crippen LogP contribution < -0.4 is 5.32 Å². The lowest BCUT2D eigenvalue weighted by molar-refractivity contribution is -0.147. The van der Waals surface area contributed by atoms with Crippen LogP contribution in [0.15, 0.2) is 42.5 Å². The van der Waals surface area contributed by atoms with Crippen molar-refractivity contribution in [3.63, 3.8) is 0 Å². The van der Waals surface area contributed by atoms with Crippen molar-refractivity contribution in [3.05, 3.63) is 58.6 Å². The third-order valence-electron chi connectivity index (χ3n) is 4.88. The molecular formula is C24H28N2O3S. The van der Waals surface area contributed by atoms with Crippen LogP contribution in [-0.4, -0.2) is 23.5 Å². The van der Waals surface area contributed by atoms with E-state index in [1.54, 1.807) is 11.3 Å². The number of nitrogens with one attached hydrogen (secondary N) is 1. The van der Waals surface area contributed by atoms with E-state index >= 15 is 0 Å². The Kier molecular flexibility index (Phi) is 7.21. The van der Waals surface area contributed by atoms with Crippen molar-refractivity contribution in [2.24, 2.45) is 0 Å². The van der Waals surface area contributed by atoms with Crippen molar-refractivity contribution in [3.8, 4) is 0 Å². The lowest BCUT2D eigenvalue weighted by atomic mass is 9.92. The van der Waals surface area contributed by atoms with Crippen LogP contribution in [0.4, 0.5) is 5.69 Å². The highest BCUT2D eigenvalue weighted by molar-refractivity contribution is 7.18. The second-order valence-electron chi connectivity index (χ2n) is 7.91. The number of carbonyl (C=O) groups excluding carboxylic acids is 2. The first kappa shape index (κ1) is 22.0. The molecule has 5 nitrogen and oxygen atoms in total. The fourth-order valence-electron chi connectivity index (χ4n) is 3.32. The number of rotatable bonds is 8. The minimum atomic E-state index is -0.398. The van der Waals surface area contributed by atoms with Crippen LogP contribution in [0.2, 0.25) is 0 Å². The molecule has 30 heavy (non-hydrogen) atoms. The quantitative estimate of drug-likeness (QED) is 0.474. The predicted octanol–water partition coefficient (Wildman–Crippen LogP) is 5.66. The normalized spacial score (nSPS) is 11.3. The van der Waals surface area contributed by atoms with Gasteiger partial charge in [-0.05, 0) is 35.1 Å². The summed E-state index contributed by atoms with van der Waals surface area (Å²) in [4.78, 5) is 29.1. The summed E-state index contributed by atoms with van der Waals surface area (Å²) in [5.74, 6) is -0.172. The van der Waals surface area contributed by atoms with E-state index in [-0.39, 0.29) is 30.8 Å². The molecule has 2 aromatic carbocycles. The third kappa shape index (κ3) is 5.45. The van der Waals surface area contributed by atoms with Crippen molar-refractivity contribution in [2.75, 3.05) is 11.9 Å². The van der Waals surface area contributed by atoms with Crippen molar-refractivity contribution in [2.45, 2.75) is 52.4 Å². The SMILES string of the molecule is CC(C)c1cccc(C(C)C)c1NC(=O)COC(=O)CCc1nc2ccccc2s1. The highest BCUT2D eigenvalue weighted by Gasteiger charge is 2.17. The molecule has 1 aromatic heterocycles. The van der Waals surface area contributed by atoms with Gasteiger partial charge in [0, 0.05) is 12.1 Å². The molecule has 0 fully saturated rings. The number of carbonyl (C=O) groups is 2. The van der Waals surface area contributed by atoms with E-state index in [9.17, 15) is 9.59 Å². The zero-order valence-electron chi connectivity index (χ0n) is 17.9. The van der Waals surface area contributed by atoms with Gasteiger partial charge in [-0.2, -0.15) is 0 Å². The average molecular weight is 425 g/mol. The molecule has 0 aliphatic heterocycles. The monoisotopic (exact) mass is 424 g/mol. The van der Waals surface area contributed by atoms with E-state index in [0.717, 1.165) is 32.0 Å². The predicted molar refractivity (Wildman–Crippen MR) is 122 cm³/mol. The molecule has 1 N–H and O–H groups in total. The Hall–Kier alpha value is -2.73. The fraction of sp³-hybridized carbons (Fsp3) is 0.375. The minimum Gasteiger partial charge on any atom is -0.456 e. The van der Waals surface area contributed by atoms with Gasteiger partial charge in [0.1, 0.15) is 0 Å². The summed E-state index contributed by atoms with van der Waals surface area (Å²) in [5.41, 5.74) is 3.93. The Labute approximate surface area is 181 Å². The molecule has 0 unspecified atom stereocenters. The van der Waals surface area contributed by atoms with E-state index in [1.807, 2.05) is 42.5 Å². The summed E-state index contributed by atoms with van der Waals surface area (Å²) >= 11 is 1.58. The van der Waals surface area contributed by atoms with Crippen molar-refractivity contribution < 1.29 is 14.3 Å². The van der Waals surface area contributed by atoms with Crippen LogP contribution in [0.1, 0.15) is 62.1 Å². The molecule has 0 atom stereocenters. The summed E-state index contributed by atoms with van der Waals surface area (Å²) in [6.07, 6.45) is 0.709. The Morgan fingerprint density at radius 3 is 2.30 bits per heavy atom. The molecule has 158 valence electrons. The average Bonchev–Trinajstić information content (AvgIpc) is 3.13. The lowest BCUT2D eigenvalue weighted by Crippen LogP contribution is -2.22. The third-order valence-corrected chi connectivity index (χ3v) is 5.98. The number of aryl methyl sites for hydroxylation is 1. The van der Waals surface area contributed by atoms with Gasteiger partial charge in [0.25, 0.3) is 5.91 Å². The maximum absolute atomic E-state index is 12.5. The van der Waals surface area contributed by atoms with Crippen LogP contribution in [0.5, 0.6) is 0 Å². The first-order valence-corrected chi connectivity index (χ1v) is 11.1. The van der Waals surface area contributed by atoms with E-state index in [1.165, 1.54) is 0 Å².